The minimum absolute atomic E-state index is 0.0211. The fourth-order valence-corrected chi connectivity index (χ4v) is 2.41. The Balaban J connectivity index is 4.55. The number of aliphatic hydroxyl groups is 1. The Hall–Kier alpha value is 0.350. The van der Waals surface area contributed by atoms with Gasteiger partial charge < -0.3 is 5.11 Å². The summed E-state index contributed by atoms with van der Waals surface area (Å²) in [5, 5.41) is 8.82. The van der Waals surface area contributed by atoms with Crippen LogP contribution in [-0.2, 0) is 10.0 Å². The van der Waals surface area contributed by atoms with Gasteiger partial charge in [-0.1, -0.05) is 36.7 Å². The second-order valence-electron chi connectivity index (χ2n) is 4.27. The van der Waals surface area contributed by atoms with E-state index in [-0.39, 0.29) is 22.7 Å². The summed E-state index contributed by atoms with van der Waals surface area (Å²) < 4.78 is 25.0. The molecule has 0 bridgehead atoms. The Morgan fingerprint density at radius 3 is 2.21 bits per heavy atom. The molecule has 0 aromatic carbocycles. The van der Waals surface area contributed by atoms with Crippen LogP contribution in [0.15, 0.2) is 0 Å². The molecule has 0 saturated carbocycles. The van der Waals surface area contributed by atoms with Gasteiger partial charge in [-0.15, -0.1) is 0 Å². The normalized spacial score (nSPS) is 15.5. The zero-order chi connectivity index (χ0) is 11.4. The van der Waals surface area contributed by atoms with E-state index < -0.39 is 10.0 Å². The molecule has 0 amide bonds. The first kappa shape index (κ1) is 14.3. The summed E-state index contributed by atoms with van der Waals surface area (Å²) in [5.74, 6) is 0. The van der Waals surface area contributed by atoms with Crippen LogP contribution in [-0.4, -0.2) is 30.8 Å². The van der Waals surface area contributed by atoms with Gasteiger partial charge >= 0.3 is 0 Å². The van der Waals surface area contributed by atoms with Crippen LogP contribution in [0.3, 0.4) is 0 Å². The summed E-state index contributed by atoms with van der Waals surface area (Å²) in [4.78, 5) is 0. The lowest BCUT2D eigenvalue weighted by Gasteiger charge is -2.30. The quantitative estimate of drug-likeness (QED) is 0.743. The maximum absolute atomic E-state index is 11.3. The maximum atomic E-state index is 11.3. The minimum atomic E-state index is -3.27. The minimum Gasteiger partial charge on any atom is -0.396 e. The van der Waals surface area contributed by atoms with Gasteiger partial charge in [0, 0.05) is 12.6 Å². The maximum Gasteiger partial charge on any atom is 0.221 e. The van der Waals surface area contributed by atoms with Gasteiger partial charge in [-0.05, 0) is 11.8 Å². The Morgan fingerprint density at radius 2 is 1.93 bits per heavy atom. The average Bonchev–Trinajstić information content (AvgIpc) is 2.02. The van der Waals surface area contributed by atoms with E-state index in [9.17, 15) is 8.42 Å². The number of hydrogen-bond acceptors (Lipinski definition) is 3. The molecule has 0 heterocycles. The number of alkyl halides is 1. The molecule has 0 radical (unpaired) electrons. The number of nitrogens with one attached hydrogen (secondary N) is 1. The van der Waals surface area contributed by atoms with Crippen LogP contribution in [0.25, 0.3) is 0 Å². The van der Waals surface area contributed by atoms with E-state index in [1.165, 1.54) is 0 Å². The molecule has 1 atom stereocenters. The van der Waals surface area contributed by atoms with E-state index in [2.05, 4.69) is 20.7 Å². The predicted molar refractivity (Wildman–Crippen MR) is 60.8 cm³/mol. The monoisotopic (exact) mass is 287 g/mol. The summed E-state index contributed by atoms with van der Waals surface area (Å²) in [6, 6.07) is -0.241. The zero-order valence-corrected chi connectivity index (χ0v) is 11.2. The third-order valence-corrected chi connectivity index (χ3v) is 4.67. The number of hydrogen-bond donors (Lipinski definition) is 2. The molecule has 0 aliphatic heterocycles. The second kappa shape index (κ2) is 5.44. The smallest absolute Gasteiger partial charge is 0.221 e. The highest BCUT2D eigenvalue weighted by atomic mass is 79.9. The summed E-state index contributed by atoms with van der Waals surface area (Å²) in [6.45, 7) is 5.78. The lowest BCUT2D eigenvalue weighted by molar-refractivity contribution is 0.215. The Kier molecular flexibility index (Phi) is 5.57. The van der Waals surface area contributed by atoms with Crippen molar-refractivity contribution in [1.82, 2.24) is 4.72 Å². The van der Waals surface area contributed by atoms with E-state index in [1.54, 1.807) is 0 Å². The molecule has 86 valence electrons. The first-order chi connectivity index (χ1) is 6.23. The van der Waals surface area contributed by atoms with Gasteiger partial charge in [0.2, 0.25) is 10.0 Å². The second-order valence-corrected chi connectivity index (χ2v) is 7.33. The number of sulfonamides is 1. The molecule has 0 aromatic rings. The average molecular weight is 288 g/mol. The summed E-state index contributed by atoms with van der Waals surface area (Å²) in [6.07, 6.45) is 0.426. The molecule has 2 N–H and O–H groups in total. The van der Waals surface area contributed by atoms with Gasteiger partial charge in [0.15, 0.2) is 0 Å². The first-order valence-electron chi connectivity index (χ1n) is 4.40. The van der Waals surface area contributed by atoms with E-state index in [0.717, 1.165) is 0 Å². The first-order valence-corrected chi connectivity index (χ1v) is 7.17. The molecule has 6 heteroatoms. The van der Waals surface area contributed by atoms with E-state index in [1.807, 2.05) is 20.8 Å². The fourth-order valence-electron chi connectivity index (χ4n) is 1.05. The molecule has 0 fully saturated rings. The lowest BCUT2D eigenvalue weighted by atomic mass is 9.86. The SMILES string of the molecule is CC(C)(C)C(CCO)NS(=O)(=O)CBr. The van der Waals surface area contributed by atoms with Crippen molar-refractivity contribution in [3.05, 3.63) is 0 Å². The number of halogens is 1. The van der Waals surface area contributed by atoms with Crippen LogP contribution in [0.2, 0.25) is 0 Å². The van der Waals surface area contributed by atoms with Gasteiger partial charge in [-0.25, -0.2) is 13.1 Å². The van der Waals surface area contributed by atoms with Gasteiger partial charge in [-0.2, -0.15) is 0 Å². The van der Waals surface area contributed by atoms with Gasteiger partial charge in [0.25, 0.3) is 0 Å². The molecule has 0 saturated heterocycles. The molecule has 0 aliphatic carbocycles. The van der Waals surface area contributed by atoms with Crippen LogP contribution in [0.4, 0.5) is 0 Å². The Bertz CT molecular complexity index is 258. The van der Waals surface area contributed by atoms with Crippen LogP contribution < -0.4 is 4.72 Å². The van der Waals surface area contributed by atoms with Crippen molar-refractivity contribution in [1.29, 1.82) is 0 Å². The topological polar surface area (TPSA) is 66.4 Å². The zero-order valence-electron chi connectivity index (χ0n) is 8.75. The molecule has 0 aliphatic rings. The molecule has 0 rings (SSSR count). The van der Waals surface area contributed by atoms with Gasteiger partial charge in [0.05, 0.1) is 0 Å². The van der Waals surface area contributed by atoms with Crippen molar-refractivity contribution < 1.29 is 13.5 Å². The van der Waals surface area contributed by atoms with Crippen molar-refractivity contribution >= 4 is 26.0 Å². The molecule has 1 unspecified atom stereocenters. The van der Waals surface area contributed by atoms with Crippen molar-refractivity contribution in [2.75, 3.05) is 11.3 Å². The van der Waals surface area contributed by atoms with Gasteiger partial charge in [0.1, 0.15) is 4.66 Å². The Labute approximate surface area is 94.3 Å². The highest BCUT2D eigenvalue weighted by molar-refractivity contribution is 9.10. The largest absolute Gasteiger partial charge is 0.396 e. The molecule has 0 aromatic heterocycles. The third kappa shape index (κ3) is 5.29. The number of rotatable bonds is 5. The molecular formula is C8H18BrNO3S. The highest BCUT2D eigenvalue weighted by Gasteiger charge is 2.27. The van der Waals surface area contributed by atoms with Crippen LogP contribution in [0, 0.1) is 5.41 Å². The third-order valence-electron chi connectivity index (χ3n) is 1.93. The van der Waals surface area contributed by atoms with Crippen molar-refractivity contribution in [2.24, 2.45) is 5.41 Å². The van der Waals surface area contributed by atoms with Crippen molar-refractivity contribution in [3.8, 4) is 0 Å². The molecule has 4 nitrogen and oxygen atoms in total. The summed E-state index contributed by atoms with van der Waals surface area (Å²) in [7, 11) is -3.27. The van der Waals surface area contributed by atoms with Crippen molar-refractivity contribution in [2.45, 2.75) is 33.2 Å². The number of aliphatic hydroxyl groups excluding tert-OH is 1. The summed E-state index contributed by atoms with van der Waals surface area (Å²) in [5.41, 5.74) is -0.196. The fraction of sp³-hybridized carbons (Fsp3) is 1.00. The molecular weight excluding hydrogens is 270 g/mol. The highest BCUT2D eigenvalue weighted by Crippen LogP contribution is 2.22. The van der Waals surface area contributed by atoms with Crippen LogP contribution in [0.5, 0.6) is 0 Å². The van der Waals surface area contributed by atoms with Crippen molar-refractivity contribution in [3.63, 3.8) is 0 Å². The lowest BCUT2D eigenvalue weighted by Crippen LogP contribution is -2.44. The standard InChI is InChI=1S/C8H18BrNO3S/c1-8(2,3)7(4-5-11)10-14(12,13)6-9/h7,10-11H,4-6H2,1-3H3. The van der Waals surface area contributed by atoms with E-state index in [4.69, 9.17) is 5.11 Å². The predicted octanol–water partition coefficient (Wildman–Crippen LogP) is 1.06. The van der Waals surface area contributed by atoms with Gasteiger partial charge in [-0.3, -0.25) is 0 Å². The summed E-state index contributed by atoms with van der Waals surface area (Å²) >= 11 is 2.90. The Morgan fingerprint density at radius 1 is 1.43 bits per heavy atom. The van der Waals surface area contributed by atoms with E-state index in [0.29, 0.717) is 6.42 Å². The molecule has 14 heavy (non-hydrogen) atoms. The van der Waals surface area contributed by atoms with Crippen LogP contribution in [0.1, 0.15) is 27.2 Å². The molecule has 0 spiro atoms. The van der Waals surface area contributed by atoms with E-state index >= 15 is 0 Å². The van der Waals surface area contributed by atoms with Crippen LogP contribution >= 0.6 is 15.9 Å².